The minimum atomic E-state index is -0.307. The van der Waals surface area contributed by atoms with Crippen molar-refractivity contribution >= 4 is 17.7 Å². The molecular weight excluding hydrogens is 310 g/mol. The van der Waals surface area contributed by atoms with Crippen molar-refractivity contribution in [2.24, 2.45) is 5.92 Å². The molecule has 2 aliphatic heterocycles. The summed E-state index contributed by atoms with van der Waals surface area (Å²) >= 11 is 0. The highest BCUT2D eigenvalue weighted by molar-refractivity contribution is 5.98. The molecule has 1 aromatic rings. The second-order valence-electron chi connectivity index (χ2n) is 6.44. The van der Waals surface area contributed by atoms with Crippen molar-refractivity contribution in [1.82, 2.24) is 25.3 Å². The van der Waals surface area contributed by atoms with E-state index in [1.807, 2.05) is 13.8 Å². The molecule has 3 rings (SSSR count). The molecule has 0 aliphatic carbocycles. The molecule has 2 N–H and O–H groups in total. The molecule has 1 saturated heterocycles. The molecule has 0 spiro atoms. The van der Waals surface area contributed by atoms with Crippen LogP contribution >= 0.6 is 0 Å². The first-order chi connectivity index (χ1) is 11.4. The van der Waals surface area contributed by atoms with Crippen LogP contribution in [0.25, 0.3) is 0 Å². The van der Waals surface area contributed by atoms with Gasteiger partial charge in [0.15, 0.2) is 5.69 Å². The average molecular weight is 331 g/mol. The molecule has 128 valence electrons. The van der Waals surface area contributed by atoms with Crippen LogP contribution in [0.1, 0.15) is 34.8 Å². The van der Waals surface area contributed by atoms with Gasteiger partial charge < -0.3 is 15.5 Å². The lowest BCUT2D eigenvalue weighted by molar-refractivity contribution is -0.132. The summed E-state index contributed by atoms with van der Waals surface area (Å²) in [6.45, 7) is 9.01. The summed E-state index contributed by atoms with van der Waals surface area (Å²) in [5, 5.41) is 9.94. The summed E-state index contributed by atoms with van der Waals surface area (Å²) in [6, 6.07) is 1.42. The summed E-state index contributed by atoms with van der Waals surface area (Å²) in [7, 11) is 0. The number of amides is 3. The lowest BCUT2D eigenvalue weighted by atomic mass is 9.92. The van der Waals surface area contributed by atoms with E-state index < -0.39 is 0 Å². The van der Waals surface area contributed by atoms with Crippen LogP contribution in [0.3, 0.4) is 0 Å². The van der Waals surface area contributed by atoms with E-state index in [0.29, 0.717) is 25.3 Å². The van der Waals surface area contributed by atoms with Gasteiger partial charge in [0, 0.05) is 37.2 Å². The average Bonchev–Trinajstić information content (AvgIpc) is 2.89. The molecule has 3 amide bonds. The first-order valence-electron chi connectivity index (χ1n) is 8.00. The number of carbonyl (C=O) groups excluding carboxylic acids is 3. The highest BCUT2D eigenvalue weighted by Gasteiger charge is 2.34. The number of carbonyl (C=O) groups is 3. The van der Waals surface area contributed by atoms with Gasteiger partial charge in [-0.2, -0.15) is 5.10 Å². The first-order valence-corrected chi connectivity index (χ1v) is 8.00. The van der Waals surface area contributed by atoms with Crippen LogP contribution in [0.2, 0.25) is 0 Å². The van der Waals surface area contributed by atoms with Crippen LogP contribution in [-0.4, -0.2) is 57.6 Å². The third-order valence-corrected chi connectivity index (χ3v) is 4.53. The number of likely N-dealkylation sites (tertiary alicyclic amines) is 1. The topological polar surface area (TPSA) is 96.3 Å². The Morgan fingerprint density at radius 3 is 2.83 bits per heavy atom. The fraction of sp³-hybridized carbons (Fsp3) is 0.500. The minimum absolute atomic E-state index is 0.0110. The molecule has 3 heterocycles. The normalized spacial score (nSPS) is 21.3. The molecule has 0 aromatic carbocycles. The molecular formula is C16H21N5O3. The third kappa shape index (κ3) is 2.91. The van der Waals surface area contributed by atoms with Gasteiger partial charge in [-0.15, -0.1) is 0 Å². The number of nitrogens with zero attached hydrogens (tertiary/aromatic N) is 3. The van der Waals surface area contributed by atoms with Crippen LogP contribution in [0.5, 0.6) is 0 Å². The maximum Gasteiger partial charge on any atom is 0.272 e. The second-order valence-corrected chi connectivity index (χ2v) is 6.44. The Balaban J connectivity index is 1.60. The van der Waals surface area contributed by atoms with Crippen LogP contribution in [0.15, 0.2) is 18.7 Å². The summed E-state index contributed by atoms with van der Waals surface area (Å²) in [6.07, 6.45) is 1.29. The fourth-order valence-corrected chi connectivity index (χ4v) is 2.99. The van der Waals surface area contributed by atoms with Crippen LogP contribution in [0.4, 0.5) is 0 Å². The zero-order valence-corrected chi connectivity index (χ0v) is 13.8. The maximum absolute atomic E-state index is 12.4. The van der Waals surface area contributed by atoms with Crippen molar-refractivity contribution in [3.05, 3.63) is 30.1 Å². The van der Waals surface area contributed by atoms with E-state index in [1.165, 1.54) is 12.1 Å². The smallest absolute Gasteiger partial charge is 0.272 e. The number of nitrogens with one attached hydrogen (secondary N) is 2. The van der Waals surface area contributed by atoms with Crippen LogP contribution < -0.4 is 10.6 Å². The molecule has 8 heteroatoms. The molecule has 2 atom stereocenters. The quantitative estimate of drug-likeness (QED) is 0.746. The zero-order chi connectivity index (χ0) is 17.4. The molecule has 24 heavy (non-hydrogen) atoms. The van der Waals surface area contributed by atoms with E-state index >= 15 is 0 Å². The van der Waals surface area contributed by atoms with Gasteiger partial charge in [-0.3, -0.25) is 19.1 Å². The lowest BCUT2D eigenvalue weighted by Crippen LogP contribution is -2.57. The molecule has 2 aliphatic rings. The third-order valence-electron chi connectivity index (χ3n) is 4.53. The van der Waals surface area contributed by atoms with Crippen molar-refractivity contribution < 1.29 is 14.4 Å². The zero-order valence-electron chi connectivity index (χ0n) is 13.8. The van der Waals surface area contributed by atoms with Gasteiger partial charge in [0.25, 0.3) is 11.8 Å². The monoisotopic (exact) mass is 331 g/mol. The van der Waals surface area contributed by atoms with Crippen LogP contribution in [-0.2, 0) is 11.3 Å². The maximum atomic E-state index is 12.4. The van der Waals surface area contributed by atoms with Gasteiger partial charge in [-0.1, -0.05) is 6.58 Å². The SMILES string of the molecule is C=CC(=O)N1CC(C(C)NC(=O)c2cc3n(n2)CC(C)NC3=O)C1. The van der Waals surface area contributed by atoms with Gasteiger partial charge in [0.05, 0.1) is 6.54 Å². The Labute approximate surface area is 139 Å². The highest BCUT2D eigenvalue weighted by Crippen LogP contribution is 2.20. The summed E-state index contributed by atoms with van der Waals surface area (Å²) in [5.41, 5.74) is 0.636. The Kier molecular flexibility index (Phi) is 4.13. The molecule has 2 unspecified atom stereocenters. The predicted molar refractivity (Wildman–Crippen MR) is 86.4 cm³/mol. The minimum Gasteiger partial charge on any atom is -0.348 e. The van der Waals surface area contributed by atoms with E-state index in [-0.39, 0.29) is 41.4 Å². The molecule has 0 bridgehead atoms. The van der Waals surface area contributed by atoms with Gasteiger partial charge in [0.1, 0.15) is 5.69 Å². The van der Waals surface area contributed by atoms with E-state index in [0.717, 1.165) is 0 Å². The first kappa shape index (κ1) is 16.2. The van der Waals surface area contributed by atoms with Crippen molar-refractivity contribution in [3.8, 4) is 0 Å². The molecule has 1 aromatic heterocycles. The van der Waals surface area contributed by atoms with E-state index in [4.69, 9.17) is 0 Å². The summed E-state index contributed by atoms with van der Waals surface area (Å²) < 4.78 is 1.57. The number of fused-ring (bicyclic) bond motifs is 1. The van der Waals surface area contributed by atoms with Crippen molar-refractivity contribution in [2.75, 3.05) is 13.1 Å². The Morgan fingerprint density at radius 2 is 2.17 bits per heavy atom. The van der Waals surface area contributed by atoms with Crippen molar-refractivity contribution in [3.63, 3.8) is 0 Å². The number of hydrogen-bond donors (Lipinski definition) is 2. The number of aromatic nitrogens is 2. The summed E-state index contributed by atoms with van der Waals surface area (Å²) in [5.74, 6) is -0.408. The van der Waals surface area contributed by atoms with Gasteiger partial charge in [0.2, 0.25) is 5.91 Å². The largest absolute Gasteiger partial charge is 0.348 e. The molecule has 1 fully saturated rings. The van der Waals surface area contributed by atoms with Crippen molar-refractivity contribution in [2.45, 2.75) is 32.5 Å². The summed E-state index contributed by atoms with van der Waals surface area (Å²) in [4.78, 5) is 37.4. The molecule has 0 saturated carbocycles. The molecule has 8 nitrogen and oxygen atoms in total. The predicted octanol–water partition coefficient (Wildman–Crippen LogP) is -0.222. The highest BCUT2D eigenvalue weighted by atomic mass is 16.2. The standard InChI is InChI=1S/C16H21N5O3/c1-4-14(22)20-7-11(8-20)10(3)18-15(23)12-5-13-16(24)17-9(2)6-21(13)19-12/h4-5,9-11H,1,6-8H2,2-3H3,(H,17,24)(H,18,23). The fourth-order valence-electron chi connectivity index (χ4n) is 2.99. The Morgan fingerprint density at radius 1 is 1.46 bits per heavy atom. The van der Waals surface area contributed by atoms with Gasteiger partial charge in [-0.05, 0) is 19.9 Å². The Hall–Kier alpha value is -2.64. The lowest BCUT2D eigenvalue weighted by Gasteiger charge is -2.42. The van der Waals surface area contributed by atoms with Crippen LogP contribution in [0, 0.1) is 5.92 Å². The van der Waals surface area contributed by atoms with Gasteiger partial charge in [-0.25, -0.2) is 0 Å². The van der Waals surface area contributed by atoms with E-state index in [2.05, 4.69) is 22.3 Å². The number of hydrogen-bond acceptors (Lipinski definition) is 4. The Bertz CT molecular complexity index is 705. The van der Waals surface area contributed by atoms with Gasteiger partial charge >= 0.3 is 0 Å². The number of rotatable bonds is 4. The van der Waals surface area contributed by atoms with E-state index in [1.54, 1.807) is 9.58 Å². The van der Waals surface area contributed by atoms with Crippen molar-refractivity contribution in [1.29, 1.82) is 0 Å². The second kappa shape index (κ2) is 6.10. The molecule has 0 radical (unpaired) electrons. The van der Waals surface area contributed by atoms with E-state index in [9.17, 15) is 14.4 Å².